The number of nitrogens with zero attached hydrogens (tertiary/aromatic N) is 3. The predicted molar refractivity (Wildman–Crippen MR) is 119 cm³/mol. The maximum Gasteiger partial charge on any atom is 0.258 e. The minimum absolute atomic E-state index is 0.160. The minimum atomic E-state index is -0.357. The van der Waals surface area contributed by atoms with Crippen molar-refractivity contribution in [2.75, 3.05) is 6.61 Å². The molecule has 1 amide bonds. The molecule has 8 nitrogen and oxygen atoms in total. The quantitative estimate of drug-likeness (QED) is 0.548. The number of rotatable bonds is 8. The number of benzene rings is 1. The molecule has 2 heterocycles. The van der Waals surface area contributed by atoms with Crippen LogP contribution in [0.25, 0.3) is 6.08 Å². The van der Waals surface area contributed by atoms with Crippen LogP contribution in [0.5, 0.6) is 11.5 Å². The van der Waals surface area contributed by atoms with E-state index in [1.807, 2.05) is 12.1 Å². The zero-order valence-corrected chi connectivity index (χ0v) is 18.6. The summed E-state index contributed by atoms with van der Waals surface area (Å²) in [6.45, 7) is 1.69. The molecule has 3 fully saturated rings. The van der Waals surface area contributed by atoms with Crippen LogP contribution in [0.2, 0.25) is 0 Å². The third-order valence-corrected chi connectivity index (χ3v) is 6.82. The third-order valence-electron chi connectivity index (χ3n) is 6.82. The lowest BCUT2D eigenvalue weighted by Gasteiger charge is -2.68. The highest BCUT2D eigenvalue weighted by atomic mass is 19.1. The number of aromatic nitrogens is 3. The molecular formula is C25H23FN4O4. The van der Waals surface area contributed by atoms with Gasteiger partial charge >= 0.3 is 0 Å². The molecule has 0 saturated heterocycles. The number of carbonyl (C=O) groups is 1. The Morgan fingerprint density at radius 1 is 1.18 bits per heavy atom. The number of ether oxygens (including phenoxy) is 2. The standard InChI is InChI=1S/C25H23FN4O4/c1-15-5-6-17(8-19(15)26)32-10-21(31)28-25-12-24(13-25,14-25)23-30-29-22(34-23)11-33-18-7-16-3-2-4-20(16)27-9-18/h2,4-9H,3,10-14H2,1H3,(H,28,31). The molecule has 0 atom stereocenters. The number of aryl methyl sites for hydroxylation is 1. The first-order valence-corrected chi connectivity index (χ1v) is 11.2. The summed E-state index contributed by atoms with van der Waals surface area (Å²) in [6.07, 6.45) is 8.86. The smallest absolute Gasteiger partial charge is 0.258 e. The fourth-order valence-corrected chi connectivity index (χ4v) is 5.15. The van der Waals surface area contributed by atoms with Gasteiger partial charge in [0, 0.05) is 11.6 Å². The first-order valence-electron chi connectivity index (χ1n) is 11.2. The maximum atomic E-state index is 13.6. The zero-order chi connectivity index (χ0) is 23.3. The number of halogens is 1. The number of allylic oxidation sites excluding steroid dienone is 1. The fraction of sp³-hybridized carbons (Fsp3) is 0.360. The average Bonchev–Trinajstić information content (AvgIpc) is 3.43. The van der Waals surface area contributed by atoms with Gasteiger partial charge in [-0.25, -0.2) is 4.39 Å². The van der Waals surface area contributed by atoms with Crippen LogP contribution in [0.1, 0.15) is 47.9 Å². The zero-order valence-electron chi connectivity index (χ0n) is 18.6. The first kappa shape index (κ1) is 20.8. The largest absolute Gasteiger partial charge is 0.484 e. The molecule has 7 rings (SSSR count). The van der Waals surface area contributed by atoms with Gasteiger partial charge in [0.2, 0.25) is 5.89 Å². The van der Waals surface area contributed by atoms with Crippen molar-refractivity contribution in [2.24, 2.45) is 0 Å². The Morgan fingerprint density at radius 2 is 2.03 bits per heavy atom. The number of hydrogen-bond acceptors (Lipinski definition) is 7. The highest BCUT2D eigenvalue weighted by Crippen LogP contribution is 2.67. The Balaban J connectivity index is 0.986. The Hall–Kier alpha value is -3.75. The van der Waals surface area contributed by atoms with Gasteiger partial charge in [0.25, 0.3) is 11.8 Å². The van der Waals surface area contributed by atoms with Crippen LogP contribution in [0, 0.1) is 12.7 Å². The summed E-state index contributed by atoms with van der Waals surface area (Å²) in [5.74, 6) is 1.42. The number of hydrogen-bond donors (Lipinski definition) is 1. The van der Waals surface area contributed by atoms with E-state index in [-0.39, 0.29) is 35.9 Å². The number of pyridine rings is 1. The second kappa shape index (κ2) is 7.65. The van der Waals surface area contributed by atoms with E-state index in [0.29, 0.717) is 28.8 Å². The van der Waals surface area contributed by atoms with Crippen LogP contribution < -0.4 is 14.8 Å². The monoisotopic (exact) mass is 462 g/mol. The van der Waals surface area contributed by atoms with Gasteiger partial charge in [0.05, 0.1) is 17.3 Å². The molecule has 3 saturated carbocycles. The van der Waals surface area contributed by atoms with Crippen LogP contribution in [0.3, 0.4) is 0 Å². The van der Waals surface area contributed by atoms with E-state index in [1.165, 1.54) is 6.07 Å². The average molecular weight is 462 g/mol. The molecule has 2 bridgehead atoms. The molecule has 3 aromatic rings. The molecular weight excluding hydrogens is 439 g/mol. The van der Waals surface area contributed by atoms with Crippen molar-refractivity contribution in [3.05, 3.63) is 71.0 Å². The van der Waals surface area contributed by atoms with Crippen LogP contribution >= 0.6 is 0 Å². The molecule has 1 aromatic carbocycles. The topological polar surface area (TPSA) is 99.4 Å². The first-order chi connectivity index (χ1) is 16.4. The lowest BCUT2D eigenvalue weighted by Crippen LogP contribution is -2.77. The van der Waals surface area contributed by atoms with E-state index < -0.39 is 0 Å². The van der Waals surface area contributed by atoms with Crippen LogP contribution in [0.15, 0.2) is 41.0 Å². The molecule has 0 unspecified atom stereocenters. The van der Waals surface area contributed by atoms with Crippen molar-refractivity contribution in [1.29, 1.82) is 0 Å². The molecule has 1 N–H and O–H groups in total. The second-order valence-corrected chi connectivity index (χ2v) is 9.45. The van der Waals surface area contributed by atoms with E-state index in [4.69, 9.17) is 13.9 Å². The summed E-state index contributed by atoms with van der Waals surface area (Å²) in [5.41, 5.74) is 2.22. The number of nitrogens with one attached hydrogen (secondary N) is 1. The van der Waals surface area contributed by atoms with Crippen molar-refractivity contribution in [1.82, 2.24) is 20.5 Å². The normalized spacial score (nSPS) is 23.6. The fourth-order valence-electron chi connectivity index (χ4n) is 5.15. The van der Waals surface area contributed by atoms with Crippen molar-refractivity contribution in [3.8, 4) is 11.5 Å². The lowest BCUT2D eigenvalue weighted by atomic mass is 9.39. The van der Waals surface area contributed by atoms with Gasteiger partial charge in [-0.1, -0.05) is 12.1 Å². The molecule has 34 heavy (non-hydrogen) atoms. The van der Waals surface area contributed by atoms with Crippen LogP contribution in [-0.4, -0.2) is 33.2 Å². The number of fused-ring (bicyclic) bond motifs is 1. The van der Waals surface area contributed by atoms with Gasteiger partial charge in [-0.2, -0.15) is 0 Å². The van der Waals surface area contributed by atoms with Gasteiger partial charge in [0.1, 0.15) is 17.3 Å². The molecule has 4 aliphatic carbocycles. The Morgan fingerprint density at radius 3 is 2.85 bits per heavy atom. The molecule has 4 aliphatic rings. The molecule has 0 aliphatic heterocycles. The van der Waals surface area contributed by atoms with E-state index >= 15 is 0 Å². The third kappa shape index (κ3) is 3.61. The van der Waals surface area contributed by atoms with E-state index in [0.717, 1.165) is 36.9 Å². The maximum absolute atomic E-state index is 13.6. The van der Waals surface area contributed by atoms with Gasteiger partial charge in [-0.05, 0) is 61.9 Å². The summed E-state index contributed by atoms with van der Waals surface area (Å²) in [7, 11) is 0. The summed E-state index contributed by atoms with van der Waals surface area (Å²) in [5, 5.41) is 11.4. The van der Waals surface area contributed by atoms with Crippen molar-refractivity contribution >= 4 is 12.0 Å². The second-order valence-electron chi connectivity index (χ2n) is 9.45. The summed E-state index contributed by atoms with van der Waals surface area (Å²) in [6, 6.07) is 6.54. The molecule has 0 spiro atoms. The van der Waals surface area contributed by atoms with E-state index in [1.54, 1.807) is 25.3 Å². The van der Waals surface area contributed by atoms with Gasteiger partial charge in [-0.15, -0.1) is 10.2 Å². The summed E-state index contributed by atoms with van der Waals surface area (Å²) >= 11 is 0. The van der Waals surface area contributed by atoms with Crippen LogP contribution in [-0.2, 0) is 23.2 Å². The molecule has 0 radical (unpaired) electrons. The van der Waals surface area contributed by atoms with Crippen molar-refractivity contribution < 1.29 is 23.1 Å². The summed E-state index contributed by atoms with van der Waals surface area (Å²) in [4.78, 5) is 16.7. The Kier molecular flexibility index (Phi) is 4.68. The van der Waals surface area contributed by atoms with Gasteiger partial charge < -0.3 is 19.2 Å². The molecule has 2 aromatic heterocycles. The predicted octanol–water partition coefficient (Wildman–Crippen LogP) is 3.43. The lowest BCUT2D eigenvalue weighted by molar-refractivity contribution is -0.143. The van der Waals surface area contributed by atoms with Gasteiger partial charge in [-0.3, -0.25) is 9.78 Å². The highest BCUT2D eigenvalue weighted by molar-refractivity contribution is 5.79. The van der Waals surface area contributed by atoms with Crippen LogP contribution in [0.4, 0.5) is 4.39 Å². The van der Waals surface area contributed by atoms with Gasteiger partial charge in [0.15, 0.2) is 13.2 Å². The van der Waals surface area contributed by atoms with Crippen molar-refractivity contribution in [3.63, 3.8) is 0 Å². The number of amides is 1. The molecule has 174 valence electrons. The Bertz CT molecular complexity index is 1300. The molecule has 9 heteroatoms. The van der Waals surface area contributed by atoms with E-state index in [2.05, 4.69) is 26.6 Å². The summed E-state index contributed by atoms with van der Waals surface area (Å²) < 4.78 is 30.7. The number of carbonyl (C=O) groups excluding carboxylic acids is 1. The SMILES string of the molecule is Cc1ccc(OCC(=O)NC23CC(c4nnc(COc5cnc6c(c5)CC=C6)o4)(C2)C3)cc1F. The van der Waals surface area contributed by atoms with E-state index in [9.17, 15) is 9.18 Å². The highest BCUT2D eigenvalue weighted by Gasteiger charge is 2.71. The Labute approximate surface area is 195 Å². The van der Waals surface area contributed by atoms with Crippen molar-refractivity contribution in [2.45, 2.75) is 50.2 Å². The minimum Gasteiger partial charge on any atom is -0.484 e.